The van der Waals surface area contributed by atoms with Crippen LogP contribution >= 0.6 is 11.6 Å². The third kappa shape index (κ3) is 5.42. The number of anilines is 1. The number of piperazine rings is 1. The molecule has 2 fully saturated rings. The zero-order chi connectivity index (χ0) is 24.9. The molecular formula is C26H32ClN3O5. The smallest absolute Gasteiger partial charge is 0.254 e. The Bertz CT molecular complexity index is 1040. The standard InChI is InChI=1S/C26H32ClN3O5/c1-33-22-15-19(16-23(34-2)24(22)35-3)26(32)29-9-7-18(8-10-29)25(31)30-13-11-28(12-14-30)21-6-4-5-20(27)17-21/h4-6,15-18H,7-14H2,1-3H3. The number of methoxy groups -OCH3 is 3. The summed E-state index contributed by atoms with van der Waals surface area (Å²) < 4.78 is 16.1. The molecule has 0 spiro atoms. The molecule has 8 nitrogen and oxygen atoms in total. The van der Waals surface area contributed by atoms with Gasteiger partial charge >= 0.3 is 0 Å². The van der Waals surface area contributed by atoms with Gasteiger partial charge in [0.1, 0.15) is 0 Å². The van der Waals surface area contributed by atoms with Gasteiger partial charge in [-0.05, 0) is 43.2 Å². The molecule has 2 aromatic carbocycles. The van der Waals surface area contributed by atoms with E-state index in [4.69, 9.17) is 25.8 Å². The van der Waals surface area contributed by atoms with Crippen molar-refractivity contribution in [2.45, 2.75) is 12.8 Å². The van der Waals surface area contributed by atoms with Gasteiger partial charge in [0.2, 0.25) is 11.7 Å². The number of amides is 2. The topological polar surface area (TPSA) is 71.6 Å². The molecule has 0 N–H and O–H groups in total. The Morgan fingerprint density at radius 2 is 1.46 bits per heavy atom. The largest absolute Gasteiger partial charge is 0.493 e. The van der Waals surface area contributed by atoms with E-state index in [0.717, 1.165) is 18.8 Å². The Morgan fingerprint density at radius 3 is 2.00 bits per heavy atom. The van der Waals surface area contributed by atoms with Gasteiger partial charge in [0.15, 0.2) is 11.5 Å². The number of benzene rings is 2. The van der Waals surface area contributed by atoms with Crippen molar-refractivity contribution >= 4 is 29.1 Å². The molecule has 2 amide bonds. The van der Waals surface area contributed by atoms with Crippen molar-refractivity contribution < 1.29 is 23.8 Å². The van der Waals surface area contributed by atoms with Gasteiger partial charge in [0.05, 0.1) is 21.3 Å². The first kappa shape index (κ1) is 25.0. The number of ether oxygens (including phenoxy) is 3. The second-order valence-corrected chi connectivity index (χ2v) is 9.21. The third-order valence-electron chi connectivity index (χ3n) is 6.81. The molecule has 0 aromatic heterocycles. The molecular weight excluding hydrogens is 470 g/mol. The summed E-state index contributed by atoms with van der Waals surface area (Å²) >= 11 is 6.12. The summed E-state index contributed by atoms with van der Waals surface area (Å²) in [5, 5.41) is 0.717. The van der Waals surface area contributed by atoms with Crippen molar-refractivity contribution in [2.75, 3.05) is 65.5 Å². The number of piperidine rings is 1. The second-order valence-electron chi connectivity index (χ2n) is 8.77. The van der Waals surface area contributed by atoms with Crippen molar-refractivity contribution in [3.63, 3.8) is 0 Å². The second kappa shape index (κ2) is 11.1. The fraction of sp³-hybridized carbons (Fsp3) is 0.462. The van der Waals surface area contributed by atoms with Crippen LogP contribution in [0.5, 0.6) is 17.2 Å². The first-order chi connectivity index (χ1) is 16.9. The van der Waals surface area contributed by atoms with Crippen molar-refractivity contribution in [1.29, 1.82) is 0 Å². The van der Waals surface area contributed by atoms with E-state index in [1.54, 1.807) is 17.0 Å². The molecule has 0 unspecified atom stereocenters. The summed E-state index contributed by atoms with van der Waals surface area (Å²) in [6.07, 6.45) is 1.31. The van der Waals surface area contributed by atoms with E-state index in [2.05, 4.69) is 4.90 Å². The first-order valence-electron chi connectivity index (χ1n) is 11.8. The molecule has 4 rings (SSSR count). The highest BCUT2D eigenvalue weighted by molar-refractivity contribution is 6.30. The lowest BCUT2D eigenvalue weighted by atomic mass is 9.94. The minimum absolute atomic E-state index is 0.0586. The maximum absolute atomic E-state index is 13.2. The fourth-order valence-electron chi connectivity index (χ4n) is 4.83. The van der Waals surface area contributed by atoms with E-state index in [1.807, 2.05) is 29.2 Å². The third-order valence-corrected chi connectivity index (χ3v) is 7.04. The number of nitrogens with zero attached hydrogens (tertiary/aromatic N) is 3. The zero-order valence-electron chi connectivity index (χ0n) is 20.5. The molecule has 2 aliphatic rings. The molecule has 0 saturated carbocycles. The van der Waals surface area contributed by atoms with Gasteiger partial charge in [0, 0.05) is 61.5 Å². The number of hydrogen-bond acceptors (Lipinski definition) is 6. The number of hydrogen-bond donors (Lipinski definition) is 0. The Kier molecular flexibility index (Phi) is 7.90. The Hall–Kier alpha value is -3.13. The van der Waals surface area contributed by atoms with Crippen LogP contribution in [-0.2, 0) is 4.79 Å². The van der Waals surface area contributed by atoms with Crippen LogP contribution in [0.3, 0.4) is 0 Å². The highest BCUT2D eigenvalue weighted by atomic mass is 35.5. The summed E-state index contributed by atoms with van der Waals surface area (Å²) in [7, 11) is 4.58. The molecule has 35 heavy (non-hydrogen) atoms. The van der Waals surface area contributed by atoms with Gasteiger partial charge < -0.3 is 28.9 Å². The Labute approximate surface area is 211 Å². The minimum Gasteiger partial charge on any atom is -0.493 e. The quantitative estimate of drug-likeness (QED) is 0.602. The van der Waals surface area contributed by atoms with E-state index in [0.29, 0.717) is 66.9 Å². The molecule has 0 aliphatic carbocycles. The molecule has 0 bridgehead atoms. The van der Waals surface area contributed by atoms with Gasteiger partial charge in [-0.2, -0.15) is 0 Å². The summed E-state index contributed by atoms with van der Waals surface area (Å²) in [6, 6.07) is 11.1. The normalized spacial score (nSPS) is 16.7. The maximum Gasteiger partial charge on any atom is 0.254 e. The van der Waals surface area contributed by atoms with Crippen molar-refractivity contribution in [2.24, 2.45) is 5.92 Å². The van der Waals surface area contributed by atoms with E-state index < -0.39 is 0 Å². The average Bonchev–Trinajstić information content (AvgIpc) is 2.91. The summed E-state index contributed by atoms with van der Waals surface area (Å²) in [6.45, 7) is 4.02. The molecule has 2 saturated heterocycles. The van der Waals surface area contributed by atoms with Crippen LogP contribution in [0.15, 0.2) is 36.4 Å². The summed E-state index contributed by atoms with van der Waals surface area (Å²) in [4.78, 5) is 32.4. The Balaban J connectivity index is 1.32. The minimum atomic E-state index is -0.106. The predicted molar refractivity (Wildman–Crippen MR) is 135 cm³/mol. The Morgan fingerprint density at radius 1 is 0.829 bits per heavy atom. The summed E-state index contributed by atoms with van der Waals surface area (Å²) in [5.41, 5.74) is 1.56. The van der Waals surface area contributed by atoms with Crippen LogP contribution in [0.2, 0.25) is 5.02 Å². The number of likely N-dealkylation sites (tertiary alicyclic amines) is 1. The number of rotatable bonds is 6. The van der Waals surface area contributed by atoms with E-state index in [-0.39, 0.29) is 17.7 Å². The zero-order valence-corrected chi connectivity index (χ0v) is 21.2. The van der Waals surface area contributed by atoms with E-state index in [1.165, 1.54) is 21.3 Å². The number of halogens is 1. The molecule has 0 radical (unpaired) electrons. The molecule has 2 aromatic rings. The van der Waals surface area contributed by atoms with Gasteiger partial charge in [-0.1, -0.05) is 17.7 Å². The van der Waals surface area contributed by atoms with Crippen LogP contribution in [0, 0.1) is 5.92 Å². The average molecular weight is 502 g/mol. The van der Waals surface area contributed by atoms with Crippen molar-refractivity contribution in [3.05, 3.63) is 47.0 Å². The first-order valence-corrected chi connectivity index (χ1v) is 12.2. The lowest BCUT2D eigenvalue weighted by Gasteiger charge is -2.39. The van der Waals surface area contributed by atoms with Crippen molar-refractivity contribution in [3.8, 4) is 17.2 Å². The van der Waals surface area contributed by atoms with Crippen LogP contribution in [0.4, 0.5) is 5.69 Å². The highest BCUT2D eigenvalue weighted by Crippen LogP contribution is 2.38. The van der Waals surface area contributed by atoms with E-state index >= 15 is 0 Å². The predicted octanol–water partition coefficient (Wildman–Crippen LogP) is 3.57. The highest BCUT2D eigenvalue weighted by Gasteiger charge is 2.32. The molecule has 2 heterocycles. The summed E-state index contributed by atoms with van der Waals surface area (Å²) in [5.74, 6) is 1.36. The van der Waals surface area contributed by atoms with Gasteiger partial charge in [0.25, 0.3) is 5.91 Å². The van der Waals surface area contributed by atoms with Gasteiger partial charge in [-0.15, -0.1) is 0 Å². The number of carbonyl (C=O) groups excluding carboxylic acids is 2. The lowest BCUT2D eigenvalue weighted by molar-refractivity contribution is -0.137. The van der Waals surface area contributed by atoms with Crippen LogP contribution in [-0.4, -0.2) is 82.2 Å². The van der Waals surface area contributed by atoms with Crippen LogP contribution in [0.25, 0.3) is 0 Å². The number of carbonyl (C=O) groups is 2. The molecule has 9 heteroatoms. The monoisotopic (exact) mass is 501 g/mol. The molecule has 188 valence electrons. The maximum atomic E-state index is 13.2. The SMILES string of the molecule is COc1cc(C(=O)N2CCC(C(=O)N3CCN(c4cccc(Cl)c4)CC3)CC2)cc(OC)c1OC. The molecule has 0 atom stereocenters. The fourth-order valence-corrected chi connectivity index (χ4v) is 5.02. The van der Waals surface area contributed by atoms with Crippen LogP contribution in [0.1, 0.15) is 23.2 Å². The molecule has 2 aliphatic heterocycles. The van der Waals surface area contributed by atoms with E-state index in [9.17, 15) is 9.59 Å². The van der Waals surface area contributed by atoms with Gasteiger partial charge in [-0.25, -0.2) is 0 Å². The van der Waals surface area contributed by atoms with Crippen LogP contribution < -0.4 is 19.1 Å². The van der Waals surface area contributed by atoms with Gasteiger partial charge in [-0.3, -0.25) is 9.59 Å². The van der Waals surface area contributed by atoms with Crippen molar-refractivity contribution in [1.82, 2.24) is 9.80 Å². The lowest BCUT2D eigenvalue weighted by Crippen LogP contribution is -2.52.